The molecule has 0 spiro atoms. The Labute approximate surface area is 202 Å². The van der Waals surface area contributed by atoms with Gasteiger partial charge in [0.15, 0.2) is 0 Å². The van der Waals surface area contributed by atoms with Crippen LogP contribution in [-0.4, -0.2) is 21.1 Å². The van der Waals surface area contributed by atoms with Gasteiger partial charge in [-0.25, -0.2) is 4.79 Å². The van der Waals surface area contributed by atoms with E-state index in [0.717, 1.165) is 23.1 Å². The van der Waals surface area contributed by atoms with Crippen molar-refractivity contribution in [3.63, 3.8) is 0 Å². The van der Waals surface area contributed by atoms with Gasteiger partial charge in [-0.3, -0.25) is 4.90 Å². The normalized spacial score (nSPS) is 16.1. The van der Waals surface area contributed by atoms with Crippen molar-refractivity contribution in [2.24, 2.45) is 0 Å². The molecule has 1 aliphatic rings. The van der Waals surface area contributed by atoms with E-state index in [1.807, 2.05) is 37.3 Å². The Kier molecular flexibility index (Phi) is 5.94. The van der Waals surface area contributed by atoms with Gasteiger partial charge in [-0.1, -0.05) is 60.1 Å². The van der Waals surface area contributed by atoms with E-state index in [1.165, 1.54) is 5.56 Å². The highest BCUT2D eigenvalue weighted by Crippen LogP contribution is 2.38. The van der Waals surface area contributed by atoms with E-state index in [1.54, 1.807) is 29.4 Å². The number of aryl methyl sites for hydroxylation is 1. The lowest BCUT2D eigenvalue weighted by atomic mass is 9.94. The minimum absolute atomic E-state index is 0.243. The molecule has 2 aromatic heterocycles. The Hall–Kier alpha value is -3.84. The first-order valence-electron chi connectivity index (χ1n) is 11.0. The average molecular weight is 475 g/mol. The summed E-state index contributed by atoms with van der Waals surface area (Å²) in [5, 5.41) is 7.91. The highest BCUT2D eigenvalue weighted by atomic mass is 35.5. The number of hydrogen-bond acceptors (Lipinski definition) is 5. The number of rotatable bonds is 6. The number of carbonyl (C=O) groups excluding carboxylic acids is 1. The van der Waals surface area contributed by atoms with Gasteiger partial charge in [0.25, 0.3) is 5.89 Å². The first-order valence-corrected chi connectivity index (χ1v) is 11.4. The zero-order valence-electron chi connectivity index (χ0n) is 18.8. The third-order valence-electron chi connectivity index (χ3n) is 5.97. The van der Waals surface area contributed by atoms with Crippen LogP contribution in [0.15, 0.2) is 81.6 Å². The Morgan fingerprint density at radius 1 is 1.09 bits per heavy atom. The summed E-state index contributed by atoms with van der Waals surface area (Å²) in [6.07, 6.45) is 2.54. The summed E-state index contributed by atoms with van der Waals surface area (Å²) in [5.74, 6) is 1.50. The number of nitrogens with zero attached hydrogens (tertiary/aromatic N) is 3. The van der Waals surface area contributed by atoms with Crippen LogP contribution >= 0.6 is 11.6 Å². The molecule has 0 aliphatic carbocycles. The first kappa shape index (κ1) is 22.0. The number of hydrogen-bond donors (Lipinski definition) is 1. The lowest BCUT2D eigenvalue weighted by Gasteiger charge is -2.34. The molecule has 5 rings (SSSR count). The number of carbonyl (C=O) groups is 1. The molecule has 8 heteroatoms. The van der Waals surface area contributed by atoms with Gasteiger partial charge in [0.2, 0.25) is 5.82 Å². The third kappa shape index (κ3) is 4.22. The topological polar surface area (TPSA) is 84.4 Å². The van der Waals surface area contributed by atoms with E-state index in [2.05, 4.69) is 29.5 Å². The van der Waals surface area contributed by atoms with Crippen molar-refractivity contribution in [3.8, 4) is 11.4 Å². The van der Waals surface area contributed by atoms with Gasteiger partial charge in [-0.05, 0) is 48.7 Å². The minimum Gasteiger partial charge on any atom is -0.467 e. The lowest BCUT2D eigenvalue weighted by Crippen LogP contribution is -2.45. The van der Waals surface area contributed by atoms with Crippen molar-refractivity contribution in [2.45, 2.75) is 32.9 Å². The van der Waals surface area contributed by atoms with Gasteiger partial charge in [-0.2, -0.15) is 4.98 Å². The van der Waals surface area contributed by atoms with Crippen molar-refractivity contribution < 1.29 is 13.7 Å². The number of aromatic nitrogens is 2. The van der Waals surface area contributed by atoms with Crippen molar-refractivity contribution in [3.05, 3.63) is 100 Å². The number of furan rings is 1. The molecule has 1 unspecified atom stereocenters. The van der Waals surface area contributed by atoms with Crippen molar-refractivity contribution >= 4 is 23.2 Å². The molecule has 0 saturated heterocycles. The molecule has 0 saturated carbocycles. The smallest absolute Gasteiger partial charge is 0.322 e. The summed E-state index contributed by atoms with van der Waals surface area (Å²) in [6.45, 7) is 4.26. The van der Waals surface area contributed by atoms with Gasteiger partial charge >= 0.3 is 6.03 Å². The van der Waals surface area contributed by atoms with Crippen molar-refractivity contribution in [1.29, 1.82) is 0 Å². The molecule has 4 aromatic rings. The SMILES string of the molecule is CCc1ccc(-c2noc(C3=C(C)N(Cc4ccco4)C(=O)NC3c3ccc(Cl)cc3)n2)cc1. The summed E-state index contributed by atoms with van der Waals surface area (Å²) in [6, 6.07) is 18.3. The molecule has 1 aliphatic heterocycles. The summed E-state index contributed by atoms with van der Waals surface area (Å²) in [5.41, 5.74) is 4.38. The number of urea groups is 1. The molecule has 3 heterocycles. The number of nitrogens with one attached hydrogen (secondary N) is 1. The number of benzene rings is 2. The zero-order valence-corrected chi connectivity index (χ0v) is 19.5. The maximum Gasteiger partial charge on any atom is 0.322 e. The predicted octanol–water partition coefficient (Wildman–Crippen LogP) is 6.24. The highest BCUT2D eigenvalue weighted by molar-refractivity contribution is 6.30. The van der Waals surface area contributed by atoms with Crippen LogP contribution in [0.4, 0.5) is 4.79 Å². The Morgan fingerprint density at radius 2 is 1.85 bits per heavy atom. The van der Waals surface area contributed by atoms with Crippen LogP contribution in [0.1, 0.15) is 42.7 Å². The molecular formula is C26H23ClN4O3. The molecule has 172 valence electrons. The van der Waals surface area contributed by atoms with Crippen LogP contribution in [0, 0.1) is 0 Å². The van der Waals surface area contributed by atoms with Crippen LogP contribution < -0.4 is 5.32 Å². The Balaban J connectivity index is 1.58. The second-order valence-electron chi connectivity index (χ2n) is 8.07. The minimum atomic E-state index is -0.478. The molecule has 0 bridgehead atoms. The molecule has 7 nitrogen and oxygen atoms in total. The molecule has 0 radical (unpaired) electrons. The summed E-state index contributed by atoms with van der Waals surface area (Å²) in [4.78, 5) is 19.4. The third-order valence-corrected chi connectivity index (χ3v) is 6.22. The Morgan fingerprint density at radius 3 is 2.53 bits per heavy atom. The average Bonchev–Trinajstić information content (AvgIpc) is 3.54. The van der Waals surface area contributed by atoms with Crippen molar-refractivity contribution in [2.75, 3.05) is 0 Å². The highest BCUT2D eigenvalue weighted by Gasteiger charge is 2.36. The van der Waals surface area contributed by atoms with E-state index < -0.39 is 6.04 Å². The molecule has 2 aromatic carbocycles. The molecule has 1 atom stereocenters. The van der Waals surface area contributed by atoms with Crippen LogP contribution in [0.2, 0.25) is 5.02 Å². The van der Waals surface area contributed by atoms with E-state index in [4.69, 9.17) is 25.5 Å². The second-order valence-corrected chi connectivity index (χ2v) is 8.51. The quantitative estimate of drug-likeness (QED) is 0.357. The predicted molar refractivity (Wildman–Crippen MR) is 129 cm³/mol. The van der Waals surface area contributed by atoms with Crippen LogP contribution in [0.3, 0.4) is 0 Å². The van der Waals surface area contributed by atoms with Gasteiger partial charge in [0, 0.05) is 16.3 Å². The fourth-order valence-corrected chi connectivity index (χ4v) is 4.18. The molecule has 1 N–H and O–H groups in total. The summed E-state index contributed by atoms with van der Waals surface area (Å²) in [7, 11) is 0. The van der Waals surface area contributed by atoms with Gasteiger partial charge in [0.05, 0.1) is 24.4 Å². The number of allylic oxidation sites excluding steroid dienone is 1. The van der Waals surface area contributed by atoms with Crippen molar-refractivity contribution in [1.82, 2.24) is 20.4 Å². The largest absolute Gasteiger partial charge is 0.467 e. The zero-order chi connectivity index (χ0) is 23.7. The molecule has 0 fully saturated rings. The van der Waals surface area contributed by atoms with E-state index in [9.17, 15) is 4.79 Å². The Bertz CT molecular complexity index is 1330. The first-order chi connectivity index (χ1) is 16.5. The molecule has 2 amide bonds. The lowest BCUT2D eigenvalue weighted by molar-refractivity contribution is 0.199. The van der Waals surface area contributed by atoms with Gasteiger partial charge in [-0.15, -0.1) is 0 Å². The van der Waals surface area contributed by atoms with Crippen LogP contribution in [0.25, 0.3) is 17.0 Å². The van der Waals surface area contributed by atoms with Gasteiger partial charge < -0.3 is 14.3 Å². The molecular weight excluding hydrogens is 452 g/mol. The van der Waals surface area contributed by atoms with Gasteiger partial charge in [0.1, 0.15) is 5.76 Å². The standard InChI is InChI=1S/C26H23ClN4O3/c1-3-17-6-8-19(9-7-17)24-29-25(34-30-24)22-16(2)31(15-21-5-4-14-33-21)26(32)28-23(22)18-10-12-20(27)13-11-18/h4-14,23H,3,15H2,1-2H3,(H,28,32). The van der Waals surface area contributed by atoms with Crippen LogP contribution in [0.5, 0.6) is 0 Å². The van der Waals surface area contributed by atoms with E-state index in [0.29, 0.717) is 28.2 Å². The summed E-state index contributed by atoms with van der Waals surface area (Å²) >= 11 is 6.10. The number of amides is 2. The van der Waals surface area contributed by atoms with E-state index in [-0.39, 0.29) is 12.6 Å². The summed E-state index contributed by atoms with van der Waals surface area (Å²) < 4.78 is 11.2. The maximum atomic E-state index is 13.1. The second kappa shape index (κ2) is 9.19. The molecule has 34 heavy (non-hydrogen) atoms. The fraction of sp³-hybridized carbons (Fsp3) is 0.192. The maximum absolute atomic E-state index is 13.1. The van der Waals surface area contributed by atoms with Crippen LogP contribution in [-0.2, 0) is 13.0 Å². The fourth-order valence-electron chi connectivity index (χ4n) is 4.05. The van der Waals surface area contributed by atoms with E-state index >= 15 is 0 Å². The number of halogens is 1. The monoisotopic (exact) mass is 474 g/mol.